The molecule has 6 nitrogen and oxygen atoms in total. The van der Waals surface area contributed by atoms with Gasteiger partial charge in [0.15, 0.2) is 0 Å². The van der Waals surface area contributed by atoms with E-state index in [1.54, 1.807) is 7.11 Å². The van der Waals surface area contributed by atoms with E-state index >= 15 is 0 Å². The van der Waals surface area contributed by atoms with Crippen LogP contribution in [0.2, 0.25) is 0 Å². The Labute approximate surface area is 146 Å². The number of anilines is 1. The average Bonchev–Trinajstić information content (AvgIpc) is 3.12. The van der Waals surface area contributed by atoms with Crippen LogP contribution < -0.4 is 10.1 Å². The summed E-state index contributed by atoms with van der Waals surface area (Å²) in [5.74, 6) is 1.54. The van der Waals surface area contributed by atoms with Crippen molar-refractivity contribution in [3.8, 4) is 5.75 Å². The number of rotatable bonds is 3. The lowest BCUT2D eigenvalue weighted by Gasteiger charge is -2.31. The summed E-state index contributed by atoms with van der Waals surface area (Å²) in [5, 5.41) is 15.7. The standard InChI is InChI=1S/C19H21N5O/c1-12-8-9-14(10-13(12)2)16-11-17(24-19(20-16)21-22-23-24)15-6-4-5-7-18(15)25-3/h4-10,16-17H,11H2,1-3H3,(H,20,21,23)/t16-,17+/m0/s1. The molecular weight excluding hydrogens is 314 g/mol. The molecule has 2 heterocycles. The number of benzene rings is 2. The summed E-state index contributed by atoms with van der Waals surface area (Å²) in [6.07, 6.45) is 0.848. The molecule has 0 saturated carbocycles. The van der Waals surface area contributed by atoms with E-state index in [2.05, 4.69) is 59.0 Å². The first-order valence-electron chi connectivity index (χ1n) is 8.42. The largest absolute Gasteiger partial charge is 0.496 e. The Morgan fingerprint density at radius 2 is 1.96 bits per heavy atom. The van der Waals surface area contributed by atoms with E-state index in [1.807, 2.05) is 22.9 Å². The minimum Gasteiger partial charge on any atom is -0.496 e. The second-order valence-corrected chi connectivity index (χ2v) is 6.48. The van der Waals surface area contributed by atoms with Crippen LogP contribution in [0.3, 0.4) is 0 Å². The molecule has 1 aromatic heterocycles. The summed E-state index contributed by atoms with van der Waals surface area (Å²) in [5.41, 5.74) is 4.93. The normalized spacial score (nSPS) is 19.2. The lowest BCUT2D eigenvalue weighted by molar-refractivity contribution is 0.377. The zero-order chi connectivity index (χ0) is 17.4. The van der Waals surface area contributed by atoms with Gasteiger partial charge in [-0.1, -0.05) is 41.5 Å². The van der Waals surface area contributed by atoms with Gasteiger partial charge in [-0.15, -0.1) is 0 Å². The highest BCUT2D eigenvalue weighted by molar-refractivity contribution is 5.43. The van der Waals surface area contributed by atoms with Gasteiger partial charge in [0.1, 0.15) is 5.75 Å². The van der Waals surface area contributed by atoms with Gasteiger partial charge >= 0.3 is 0 Å². The Kier molecular flexibility index (Phi) is 3.87. The SMILES string of the molecule is COc1ccccc1[C@H]1C[C@@H](c2ccc(C)c(C)c2)Nc2nnnn21. The van der Waals surface area contributed by atoms with Gasteiger partial charge in [-0.05, 0) is 53.5 Å². The van der Waals surface area contributed by atoms with Crippen molar-refractivity contribution in [1.82, 2.24) is 20.2 Å². The van der Waals surface area contributed by atoms with Crippen LogP contribution in [0.1, 0.15) is 40.8 Å². The number of aryl methyl sites for hydroxylation is 2. The van der Waals surface area contributed by atoms with Gasteiger partial charge in [0.25, 0.3) is 0 Å². The van der Waals surface area contributed by atoms with Crippen molar-refractivity contribution in [2.24, 2.45) is 0 Å². The highest BCUT2D eigenvalue weighted by Gasteiger charge is 2.32. The van der Waals surface area contributed by atoms with Crippen molar-refractivity contribution in [1.29, 1.82) is 0 Å². The quantitative estimate of drug-likeness (QED) is 0.794. The third-order valence-corrected chi connectivity index (χ3v) is 4.98. The van der Waals surface area contributed by atoms with E-state index < -0.39 is 0 Å². The first kappa shape index (κ1) is 15.6. The van der Waals surface area contributed by atoms with Gasteiger partial charge in [0.2, 0.25) is 5.95 Å². The molecule has 0 fully saturated rings. The fourth-order valence-corrected chi connectivity index (χ4v) is 3.44. The maximum absolute atomic E-state index is 5.56. The van der Waals surface area contributed by atoms with Crippen molar-refractivity contribution in [2.45, 2.75) is 32.4 Å². The molecule has 1 aliphatic heterocycles. The first-order valence-corrected chi connectivity index (χ1v) is 8.42. The van der Waals surface area contributed by atoms with E-state index in [1.165, 1.54) is 16.7 Å². The Bertz CT molecular complexity index is 904. The molecule has 0 unspecified atom stereocenters. The van der Waals surface area contributed by atoms with Gasteiger partial charge in [-0.25, -0.2) is 4.68 Å². The highest BCUT2D eigenvalue weighted by atomic mass is 16.5. The number of nitrogens with zero attached hydrogens (tertiary/aromatic N) is 4. The van der Waals surface area contributed by atoms with Crippen molar-refractivity contribution in [3.63, 3.8) is 0 Å². The van der Waals surface area contributed by atoms with Crippen LogP contribution in [-0.4, -0.2) is 27.3 Å². The topological polar surface area (TPSA) is 64.9 Å². The number of para-hydroxylation sites is 1. The van der Waals surface area contributed by atoms with E-state index in [4.69, 9.17) is 4.74 Å². The molecule has 0 saturated heterocycles. The number of hydrogen-bond donors (Lipinski definition) is 1. The van der Waals surface area contributed by atoms with Gasteiger partial charge in [-0.2, -0.15) is 0 Å². The molecule has 25 heavy (non-hydrogen) atoms. The molecule has 1 aliphatic rings. The summed E-state index contributed by atoms with van der Waals surface area (Å²) < 4.78 is 7.41. The van der Waals surface area contributed by atoms with E-state index in [0.29, 0.717) is 5.95 Å². The summed E-state index contributed by atoms with van der Waals surface area (Å²) in [4.78, 5) is 0. The first-order chi connectivity index (χ1) is 12.2. The minimum absolute atomic E-state index is 0.0222. The van der Waals surface area contributed by atoms with E-state index in [-0.39, 0.29) is 12.1 Å². The highest BCUT2D eigenvalue weighted by Crippen LogP contribution is 2.40. The Morgan fingerprint density at radius 3 is 2.76 bits per heavy atom. The monoisotopic (exact) mass is 335 g/mol. The number of tetrazole rings is 1. The van der Waals surface area contributed by atoms with Crippen LogP contribution in [0, 0.1) is 13.8 Å². The molecule has 0 bridgehead atoms. The predicted molar refractivity (Wildman–Crippen MR) is 95.8 cm³/mol. The number of nitrogens with one attached hydrogen (secondary N) is 1. The summed E-state index contributed by atoms with van der Waals surface area (Å²) in [7, 11) is 1.70. The molecule has 0 amide bonds. The lowest BCUT2D eigenvalue weighted by atomic mass is 9.91. The van der Waals surface area contributed by atoms with Crippen LogP contribution in [0.25, 0.3) is 0 Å². The van der Waals surface area contributed by atoms with E-state index in [0.717, 1.165) is 17.7 Å². The summed E-state index contributed by atoms with van der Waals surface area (Å²) in [6.45, 7) is 4.27. The van der Waals surface area contributed by atoms with E-state index in [9.17, 15) is 0 Å². The third-order valence-electron chi connectivity index (χ3n) is 4.98. The van der Waals surface area contributed by atoms with Crippen molar-refractivity contribution in [2.75, 3.05) is 12.4 Å². The van der Waals surface area contributed by atoms with Crippen LogP contribution in [0.15, 0.2) is 42.5 Å². The van der Waals surface area contributed by atoms with Gasteiger partial charge in [0, 0.05) is 5.56 Å². The Balaban J connectivity index is 1.76. The zero-order valence-corrected chi connectivity index (χ0v) is 14.6. The number of methoxy groups -OCH3 is 1. The second kappa shape index (κ2) is 6.20. The maximum atomic E-state index is 5.56. The molecule has 0 spiro atoms. The molecule has 128 valence electrons. The molecule has 0 aliphatic carbocycles. The predicted octanol–water partition coefficient (Wildman–Crippen LogP) is 3.44. The molecule has 1 N–H and O–H groups in total. The number of aromatic nitrogens is 4. The van der Waals surface area contributed by atoms with Crippen LogP contribution >= 0.6 is 0 Å². The summed E-state index contributed by atoms with van der Waals surface area (Å²) >= 11 is 0. The van der Waals surface area contributed by atoms with Crippen LogP contribution in [-0.2, 0) is 0 Å². The lowest BCUT2D eigenvalue weighted by Crippen LogP contribution is -2.28. The smallest absolute Gasteiger partial charge is 0.243 e. The zero-order valence-electron chi connectivity index (χ0n) is 14.6. The van der Waals surface area contributed by atoms with Gasteiger partial charge in [-0.3, -0.25) is 0 Å². The Morgan fingerprint density at radius 1 is 1.12 bits per heavy atom. The fourth-order valence-electron chi connectivity index (χ4n) is 3.44. The van der Waals surface area contributed by atoms with Crippen molar-refractivity contribution in [3.05, 3.63) is 64.7 Å². The molecule has 6 heteroatoms. The molecule has 4 rings (SSSR count). The Hall–Kier alpha value is -2.89. The molecular formula is C19H21N5O. The van der Waals surface area contributed by atoms with Crippen molar-refractivity contribution < 1.29 is 4.74 Å². The second-order valence-electron chi connectivity index (χ2n) is 6.48. The number of hydrogen-bond acceptors (Lipinski definition) is 5. The van der Waals surface area contributed by atoms with Crippen LogP contribution in [0.4, 0.5) is 5.95 Å². The molecule has 3 aromatic rings. The van der Waals surface area contributed by atoms with Crippen molar-refractivity contribution >= 4 is 5.95 Å². The number of fused-ring (bicyclic) bond motifs is 1. The molecule has 0 radical (unpaired) electrons. The minimum atomic E-state index is 0.0222. The van der Waals surface area contributed by atoms with Crippen LogP contribution in [0.5, 0.6) is 5.75 Å². The third kappa shape index (κ3) is 2.73. The number of ether oxygens (including phenoxy) is 1. The maximum Gasteiger partial charge on any atom is 0.243 e. The van der Waals surface area contributed by atoms with Gasteiger partial charge in [0.05, 0.1) is 19.2 Å². The molecule has 2 atom stereocenters. The fraction of sp³-hybridized carbons (Fsp3) is 0.316. The van der Waals surface area contributed by atoms with Gasteiger partial charge < -0.3 is 10.1 Å². The molecule has 2 aromatic carbocycles. The summed E-state index contributed by atoms with van der Waals surface area (Å²) in [6, 6.07) is 14.8. The average molecular weight is 335 g/mol.